The van der Waals surface area contributed by atoms with E-state index in [1.807, 2.05) is 30.3 Å². The first-order valence-electron chi connectivity index (χ1n) is 6.92. The molecule has 0 radical (unpaired) electrons. The van der Waals surface area contributed by atoms with Gasteiger partial charge in [-0.2, -0.15) is 0 Å². The van der Waals surface area contributed by atoms with Crippen LogP contribution in [-0.2, 0) is 11.3 Å². The summed E-state index contributed by atoms with van der Waals surface area (Å²) in [5.74, 6) is 0.526. The highest BCUT2D eigenvalue weighted by atomic mass is 16.6. The molecule has 1 saturated heterocycles. The number of hydrogen-bond acceptors (Lipinski definition) is 3. The van der Waals surface area contributed by atoms with Gasteiger partial charge < -0.3 is 15.4 Å². The standard InChI is InChI=1S/C15H22N2O2/c1-2-13-8-9-17(10-14(13)16)15(18)19-11-12-6-4-3-5-7-12/h3-7,13-14H,2,8-11,16H2,1H3/t13-,14-/m1/s1. The van der Waals surface area contributed by atoms with Crippen LogP contribution in [0.1, 0.15) is 25.3 Å². The number of nitrogens with two attached hydrogens (primary N) is 1. The highest BCUT2D eigenvalue weighted by molar-refractivity contribution is 5.67. The van der Waals surface area contributed by atoms with Gasteiger partial charge in [0.1, 0.15) is 6.61 Å². The van der Waals surface area contributed by atoms with E-state index in [1.54, 1.807) is 4.90 Å². The topological polar surface area (TPSA) is 55.6 Å². The molecule has 1 amide bonds. The van der Waals surface area contributed by atoms with Gasteiger partial charge in [0.15, 0.2) is 0 Å². The number of carbonyl (C=O) groups is 1. The van der Waals surface area contributed by atoms with Crippen molar-refractivity contribution in [1.82, 2.24) is 4.90 Å². The highest BCUT2D eigenvalue weighted by Crippen LogP contribution is 2.20. The number of ether oxygens (including phenoxy) is 1. The number of carbonyl (C=O) groups excluding carboxylic acids is 1. The van der Waals surface area contributed by atoms with Crippen molar-refractivity contribution in [2.45, 2.75) is 32.4 Å². The number of rotatable bonds is 3. The first-order valence-corrected chi connectivity index (χ1v) is 6.92. The van der Waals surface area contributed by atoms with Crippen LogP contribution in [0, 0.1) is 5.92 Å². The van der Waals surface area contributed by atoms with Crippen molar-refractivity contribution < 1.29 is 9.53 Å². The summed E-state index contributed by atoms with van der Waals surface area (Å²) in [4.78, 5) is 13.7. The Morgan fingerprint density at radius 2 is 2.16 bits per heavy atom. The molecular formula is C15H22N2O2. The Labute approximate surface area is 114 Å². The molecule has 4 nitrogen and oxygen atoms in total. The van der Waals surface area contributed by atoms with E-state index in [2.05, 4.69) is 6.92 Å². The Morgan fingerprint density at radius 1 is 1.42 bits per heavy atom. The van der Waals surface area contributed by atoms with E-state index in [0.29, 0.717) is 19.1 Å². The molecule has 0 aromatic heterocycles. The summed E-state index contributed by atoms with van der Waals surface area (Å²) < 4.78 is 5.32. The molecule has 1 aromatic carbocycles. The SMILES string of the molecule is CC[C@@H]1CCN(C(=O)OCc2ccccc2)C[C@H]1N. The molecule has 0 unspecified atom stereocenters. The Hall–Kier alpha value is -1.55. The Balaban J connectivity index is 1.81. The second kappa shape index (κ2) is 6.57. The van der Waals surface area contributed by atoms with Crippen molar-refractivity contribution >= 4 is 6.09 Å². The van der Waals surface area contributed by atoms with Crippen molar-refractivity contribution in [2.75, 3.05) is 13.1 Å². The molecule has 0 bridgehead atoms. The van der Waals surface area contributed by atoms with Crippen molar-refractivity contribution in [3.63, 3.8) is 0 Å². The number of amides is 1. The predicted molar refractivity (Wildman–Crippen MR) is 74.6 cm³/mol. The highest BCUT2D eigenvalue weighted by Gasteiger charge is 2.28. The average molecular weight is 262 g/mol. The fourth-order valence-electron chi connectivity index (χ4n) is 2.51. The molecule has 1 aromatic rings. The molecule has 2 rings (SSSR count). The van der Waals surface area contributed by atoms with Crippen molar-refractivity contribution in [3.8, 4) is 0 Å². The summed E-state index contributed by atoms with van der Waals surface area (Å²) in [6.45, 7) is 3.82. The third kappa shape index (κ3) is 3.70. The van der Waals surface area contributed by atoms with Gasteiger partial charge in [0.05, 0.1) is 0 Å². The number of piperidine rings is 1. The second-order valence-electron chi connectivity index (χ2n) is 5.11. The zero-order chi connectivity index (χ0) is 13.7. The average Bonchev–Trinajstić information content (AvgIpc) is 2.45. The lowest BCUT2D eigenvalue weighted by Gasteiger charge is -2.35. The van der Waals surface area contributed by atoms with Gasteiger partial charge in [0.2, 0.25) is 0 Å². The fraction of sp³-hybridized carbons (Fsp3) is 0.533. The van der Waals surface area contributed by atoms with Crippen LogP contribution in [-0.4, -0.2) is 30.1 Å². The normalized spacial score (nSPS) is 23.2. The van der Waals surface area contributed by atoms with E-state index in [0.717, 1.165) is 24.9 Å². The third-order valence-corrected chi connectivity index (χ3v) is 3.79. The summed E-state index contributed by atoms with van der Waals surface area (Å²) in [6.07, 6.45) is 1.79. The molecule has 19 heavy (non-hydrogen) atoms. The Morgan fingerprint density at radius 3 is 2.79 bits per heavy atom. The quantitative estimate of drug-likeness (QED) is 0.910. The molecular weight excluding hydrogens is 240 g/mol. The lowest BCUT2D eigenvalue weighted by molar-refractivity contribution is 0.0764. The van der Waals surface area contributed by atoms with Crippen molar-refractivity contribution in [1.29, 1.82) is 0 Å². The number of benzene rings is 1. The molecule has 1 aliphatic heterocycles. The maximum atomic E-state index is 12.0. The van der Waals surface area contributed by atoms with E-state index < -0.39 is 0 Å². The zero-order valence-electron chi connectivity index (χ0n) is 11.4. The maximum Gasteiger partial charge on any atom is 0.410 e. The predicted octanol–water partition coefficient (Wildman–Crippen LogP) is 2.38. The Bertz CT molecular complexity index is 408. The summed E-state index contributed by atoms with van der Waals surface area (Å²) >= 11 is 0. The zero-order valence-corrected chi connectivity index (χ0v) is 11.4. The van der Waals surface area contributed by atoms with Gasteiger partial charge in [0.25, 0.3) is 0 Å². The first-order chi connectivity index (χ1) is 9.20. The molecule has 0 aliphatic carbocycles. The maximum absolute atomic E-state index is 12.0. The largest absolute Gasteiger partial charge is 0.445 e. The van der Waals surface area contributed by atoms with Crippen LogP contribution in [0.15, 0.2) is 30.3 Å². The van der Waals surface area contributed by atoms with Gasteiger partial charge in [-0.25, -0.2) is 4.79 Å². The van der Waals surface area contributed by atoms with Gasteiger partial charge in [-0.1, -0.05) is 43.7 Å². The summed E-state index contributed by atoms with van der Waals surface area (Å²) in [6, 6.07) is 9.78. The summed E-state index contributed by atoms with van der Waals surface area (Å²) in [5.41, 5.74) is 7.08. The third-order valence-electron chi connectivity index (χ3n) is 3.79. The molecule has 2 atom stereocenters. The number of hydrogen-bond donors (Lipinski definition) is 1. The van der Waals surface area contributed by atoms with Crippen LogP contribution in [0.3, 0.4) is 0 Å². The van der Waals surface area contributed by atoms with Crippen LogP contribution in [0.25, 0.3) is 0 Å². The van der Waals surface area contributed by atoms with Crippen LogP contribution < -0.4 is 5.73 Å². The molecule has 104 valence electrons. The monoisotopic (exact) mass is 262 g/mol. The van der Waals surface area contributed by atoms with Gasteiger partial charge in [0, 0.05) is 19.1 Å². The summed E-state index contributed by atoms with van der Waals surface area (Å²) in [7, 11) is 0. The van der Waals surface area contributed by atoms with E-state index in [9.17, 15) is 4.79 Å². The van der Waals surface area contributed by atoms with Crippen LogP contribution in [0.2, 0.25) is 0 Å². The van der Waals surface area contributed by atoms with E-state index in [1.165, 1.54) is 0 Å². The minimum atomic E-state index is -0.256. The lowest BCUT2D eigenvalue weighted by atomic mass is 9.90. The van der Waals surface area contributed by atoms with Crippen LogP contribution >= 0.6 is 0 Å². The number of nitrogens with zero attached hydrogens (tertiary/aromatic N) is 1. The fourth-order valence-corrected chi connectivity index (χ4v) is 2.51. The van der Waals surface area contributed by atoms with Gasteiger partial charge >= 0.3 is 6.09 Å². The van der Waals surface area contributed by atoms with Crippen molar-refractivity contribution in [3.05, 3.63) is 35.9 Å². The molecule has 1 heterocycles. The molecule has 0 saturated carbocycles. The second-order valence-corrected chi connectivity index (χ2v) is 5.11. The van der Waals surface area contributed by atoms with Gasteiger partial charge in [-0.15, -0.1) is 0 Å². The van der Waals surface area contributed by atoms with E-state index >= 15 is 0 Å². The smallest absolute Gasteiger partial charge is 0.410 e. The Kier molecular flexibility index (Phi) is 4.80. The van der Waals surface area contributed by atoms with Crippen LogP contribution in [0.5, 0.6) is 0 Å². The number of likely N-dealkylation sites (tertiary alicyclic amines) is 1. The minimum Gasteiger partial charge on any atom is -0.445 e. The molecule has 1 aliphatic rings. The first kappa shape index (κ1) is 13.9. The van der Waals surface area contributed by atoms with Gasteiger partial charge in [-0.05, 0) is 17.9 Å². The van der Waals surface area contributed by atoms with E-state index in [-0.39, 0.29) is 12.1 Å². The molecule has 0 spiro atoms. The van der Waals surface area contributed by atoms with Gasteiger partial charge in [-0.3, -0.25) is 0 Å². The van der Waals surface area contributed by atoms with Crippen molar-refractivity contribution in [2.24, 2.45) is 11.7 Å². The molecule has 2 N–H and O–H groups in total. The van der Waals surface area contributed by atoms with E-state index in [4.69, 9.17) is 10.5 Å². The van der Waals surface area contributed by atoms with Crippen LogP contribution in [0.4, 0.5) is 4.79 Å². The molecule has 4 heteroatoms. The summed E-state index contributed by atoms with van der Waals surface area (Å²) in [5, 5.41) is 0. The minimum absolute atomic E-state index is 0.0722. The lowest BCUT2D eigenvalue weighted by Crippen LogP contribution is -2.50. The molecule has 1 fully saturated rings.